The molecule has 8 nitrogen and oxygen atoms in total. The highest BCUT2D eigenvalue weighted by molar-refractivity contribution is 6.62. The fourth-order valence-electron chi connectivity index (χ4n) is 3.18. The van der Waals surface area contributed by atoms with Crippen LogP contribution >= 0.6 is 0 Å². The minimum atomic E-state index is -0.731. The highest BCUT2D eigenvalue weighted by Gasteiger charge is 2.51. The second-order valence-electron chi connectivity index (χ2n) is 11.1. The van der Waals surface area contributed by atoms with Gasteiger partial charge in [-0.1, -0.05) is 12.1 Å². The Balaban J connectivity index is 2.10. The van der Waals surface area contributed by atoms with Crippen molar-refractivity contribution in [3.8, 4) is 0 Å². The third-order valence-electron chi connectivity index (χ3n) is 5.39. The van der Waals surface area contributed by atoms with E-state index in [1.165, 1.54) is 0 Å². The first kappa shape index (κ1) is 24.3. The topological polar surface area (TPSA) is 88.9 Å². The number of nitrogens with zero attached hydrogens (tertiary/aromatic N) is 2. The highest BCUT2D eigenvalue weighted by atomic mass is 16.7. The van der Waals surface area contributed by atoms with E-state index in [4.69, 9.17) is 18.8 Å². The van der Waals surface area contributed by atoms with Gasteiger partial charge in [-0.3, -0.25) is 0 Å². The Kier molecular flexibility index (Phi) is 5.76. The van der Waals surface area contributed by atoms with Gasteiger partial charge in [0.1, 0.15) is 11.2 Å². The monoisotopic (exact) mass is 444 g/mol. The second kappa shape index (κ2) is 7.59. The number of benzene rings is 1. The van der Waals surface area contributed by atoms with Gasteiger partial charge in [-0.15, -0.1) is 0 Å². The lowest BCUT2D eigenvalue weighted by molar-refractivity contribution is 0.00578. The Morgan fingerprint density at radius 2 is 1.47 bits per heavy atom. The second-order valence-corrected chi connectivity index (χ2v) is 11.1. The lowest BCUT2D eigenvalue weighted by Gasteiger charge is -2.32. The molecule has 2 heterocycles. The zero-order valence-electron chi connectivity index (χ0n) is 20.7. The molecule has 0 aliphatic carbocycles. The molecule has 0 bridgehead atoms. The summed E-state index contributed by atoms with van der Waals surface area (Å²) in [6.45, 7) is 18.5. The maximum Gasteiger partial charge on any atom is 0.494 e. The summed E-state index contributed by atoms with van der Waals surface area (Å²) in [5.74, 6) is -0.617. The van der Waals surface area contributed by atoms with Crippen LogP contribution in [-0.4, -0.2) is 51.4 Å². The lowest BCUT2D eigenvalue weighted by atomic mass is 9.79. The number of carbonyl (C=O) groups is 2. The molecule has 0 N–H and O–H groups in total. The van der Waals surface area contributed by atoms with Gasteiger partial charge in [-0.2, -0.15) is 9.78 Å². The summed E-state index contributed by atoms with van der Waals surface area (Å²) in [4.78, 5) is 25.7. The molecule has 1 aliphatic heterocycles. The zero-order chi connectivity index (χ0) is 24.3. The largest absolute Gasteiger partial charge is 0.494 e. The summed E-state index contributed by atoms with van der Waals surface area (Å²) >= 11 is 0. The van der Waals surface area contributed by atoms with Gasteiger partial charge < -0.3 is 18.8 Å². The number of ether oxygens (including phenoxy) is 2. The lowest BCUT2D eigenvalue weighted by Crippen LogP contribution is -2.41. The van der Waals surface area contributed by atoms with Crippen molar-refractivity contribution >= 4 is 35.5 Å². The fourth-order valence-corrected chi connectivity index (χ4v) is 3.18. The maximum atomic E-state index is 12.9. The average Bonchev–Trinajstić information content (AvgIpc) is 3.06. The van der Waals surface area contributed by atoms with Gasteiger partial charge in [-0.05, 0) is 80.8 Å². The SMILES string of the molecule is CC(C)(C)OC(=O)c1nn(C(=O)OC(C)(C)C)c2cc(B3OC(C)(C)C(C)(C)O3)ccc12. The van der Waals surface area contributed by atoms with Crippen LogP contribution < -0.4 is 5.46 Å². The first-order valence-corrected chi connectivity index (χ1v) is 10.8. The number of fused-ring (bicyclic) bond motifs is 1. The minimum absolute atomic E-state index is 0.0428. The van der Waals surface area contributed by atoms with E-state index in [9.17, 15) is 9.59 Å². The standard InChI is InChI=1S/C23H33BN2O6/c1-20(2,3)29-18(27)17-15-12-11-14(24-31-22(7,8)23(9,10)32-24)13-16(15)26(25-17)19(28)30-21(4,5)6/h11-13H,1-10H3. The van der Waals surface area contributed by atoms with Crippen LogP contribution in [0.3, 0.4) is 0 Å². The third kappa shape index (κ3) is 4.83. The van der Waals surface area contributed by atoms with E-state index in [0.29, 0.717) is 16.4 Å². The summed E-state index contributed by atoms with van der Waals surface area (Å²) in [5.41, 5.74) is -1.31. The van der Waals surface area contributed by atoms with E-state index in [2.05, 4.69) is 5.10 Å². The molecule has 0 radical (unpaired) electrons. The quantitative estimate of drug-likeness (QED) is 0.510. The van der Waals surface area contributed by atoms with Crippen molar-refractivity contribution in [3.05, 3.63) is 23.9 Å². The van der Waals surface area contributed by atoms with Crippen LogP contribution in [0.25, 0.3) is 10.9 Å². The number of hydrogen-bond acceptors (Lipinski definition) is 7. The van der Waals surface area contributed by atoms with Crippen LogP contribution in [0, 0.1) is 0 Å². The molecule has 9 heteroatoms. The molecule has 0 unspecified atom stereocenters. The first-order chi connectivity index (χ1) is 14.4. The molecule has 1 aromatic carbocycles. The molecular formula is C23H33BN2O6. The molecule has 1 fully saturated rings. The van der Waals surface area contributed by atoms with Crippen molar-refractivity contribution < 1.29 is 28.4 Å². The highest BCUT2D eigenvalue weighted by Crippen LogP contribution is 2.36. The summed E-state index contributed by atoms with van der Waals surface area (Å²) in [5, 5.41) is 4.75. The first-order valence-electron chi connectivity index (χ1n) is 10.8. The Morgan fingerprint density at radius 1 is 0.938 bits per heavy atom. The van der Waals surface area contributed by atoms with Crippen LogP contribution in [0.2, 0.25) is 0 Å². The van der Waals surface area contributed by atoms with Gasteiger partial charge in [-0.25, -0.2) is 9.59 Å². The summed E-state index contributed by atoms with van der Waals surface area (Å²) < 4.78 is 24.4. The summed E-state index contributed by atoms with van der Waals surface area (Å²) in [6, 6.07) is 5.27. The van der Waals surface area contributed by atoms with Crippen molar-refractivity contribution in [2.45, 2.75) is 91.6 Å². The van der Waals surface area contributed by atoms with E-state index >= 15 is 0 Å². The molecule has 1 aliphatic rings. The maximum absolute atomic E-state index is 12.9. The molecule has 0 atom stereocenters. The van der Waals surface area contributed by atoms with Crippen molar-refractivity contribution in [2.24, 2.45) is 0 Å². The third-order valence-corrected chi connectivity index (χ3v) is 5.39. The summed E-state index contributed by atoms with van der Waals surface area (Å²) in [6.07, 6.45) is -0.691. The van der Waals surface area contributed by atoms with Crippen molar-refractivity contribution in [1.29, 1.82) is 0 Å². The van der Waals surface area contributed by atoms with E-state index in [1.54, 1.807) is 59.7 Å². The van der Waals surface area contributed by atoms with E-state index in [-0.39, 0.29) is 5.69 Å². The molecule has 1 saturated heterocycles. The van der Waals surface area contributed by atoms with Crippen LogP contribution in [0.4, 0.5) is 4.79 Å². The van der Waals surface area contributed by atoms with Crippen molar-refractivity contribution in [2.75, 3.05) is 0 Å². The zero-order valence-corrected chi connectivity index (χ0v) is 20.7. The Bertz CT molecular complexity index is 1040. The van der Waals surface area contributed by atoms with E-state index in [0.717, 1.165) is 4.68 Å². The van der Waals surface area contributed by atoms with Gasteiger partial charge in [0.2, 0.25) is 0 Å². The fraction of sp³-hybridized carbons (Fsp3) is 0.609. The Morgan fingerprint density at radius 3 is 1.97 bits per heavy atom. The van der Waals surface area contributed by atoms with Crippen molar-refractivity contribution in [3.63, 3.8) is 0 Å². The molecule has 174 valence electrons. The number of hydrogen-bond donors (Lipinski definition) is 0. The molecule has 0 spiro atoms. The minimum Gasteiger partial charge on any atom is -0.455 e. The molecule has 2 aromatic rings. The predicted molar refractivity (Wildman–Crippen MR) is 122 cm³/mol. The number of aromatic nitrogens is 2. The Hall–Kier alpha value is -2.39. The Labute approximate surface area is 189 Å². The number of rotatable bonds is 2. The van der Waals surface area contributed by atoms with Crippen LogP contribution in [0.15, 0.2) is 18.2 Å². The van der Waals surface area contributed by atoms with Crippen molar-refractivity contribution in [1.82, 2.24) is 9.78 Å². The van der Waals surface area contributed by atoms with Gasteiger partial charge in [0.15, 0.2) is 5.69 Å². The molecule has 0 amide bonds. The van der Waals surface area contributed by atoms with Crippen LogP contribution in [-0.2, 0) is 18.8 Å². The van der Waals surface area contributed by atoms with Gasteiger partial charge >= 0.3 is 19.2 Å². The van der Waals surface area contributed by atoms with Gasteiger partial charge in [0.25, 0.3) is 0 Å². The summed E-state index contributed by atoms with van der Waals surface area (Å²) in [7, 11) is -0.628. The predicted octanol–water partition coefficient (Wildman–Crippen LogP) is 4.07. The van der Waals surface area contributed by atoms with E-state index in [1.807, 2.05) is 27.7 Å². The molecule has 1 aromatic heterocycles. The van der Waals surface area contributed by atoms with Crippen LogP contribution in [0.5, 0.6) is 0 Å². The molecule has 32 heavy (non-hydrogen) atoms. The smallest absolute Gasteiger partial charge is 0.455 e. The van der Waals surface area contributed by atoms with Gasteiger partial charge in [0.05, 0.1) is 16.7 Å². The van der Waals surface area contributed by atoms with Crippen LogP contribution in [0.1, 0.15) is 79.7 Å². The average molecular weight is 444 g/mol. The molecule has 3 rings (SSSR count). The number of carbonyl (C=O) groups excluding carboxylic acids is 2. The normalized spacial score (nSPS) is 18.1. The molecule has 0 saturated carbocycles. The van der Waals surface area contributed by atoms with E-state index < -0.39 is 41.6 Å². The molecular weight excluding hydrogens is 411 g/mol. The number of esters is 1. The van der Waals surface area contributed by atoms with Gasteiger partial charge in [0, 0.05) is 5.39 Å².